The maximum absolute atomic E-state index is 14.2. The average Bonchev–Trinajstić information content (AvgIpc) is 3.75. The molecule has 3 aromatic rings. The number of nitrogens with two attached hydrogens (primary N) is 3. The number of nitrogens with zero attached hydrogens (tertiary/aromatic N) is 2. The molecule has 2 aromatic carbocycles. The van der Waals surface area contributed by atoms with E-state index in [4.69, 9.17) is 17.2 Å². The van der Waals surface area contributed by atoms with E-state index in [1.807, 2.05) is 0 Å². The number of amides is 6. The van der Waals surface area contributed by atoms with Crippen molar-refractivity contribution in [3.05, 3.63) is 90.0 Å². The molecule has 20 nitrogen and oxygen atoms in total. The third-order valence-electron chi connectivity index (χ3n) is 8.79. The molecule has 0 unspecified atom stereocenters. The predicted molar refractivity (Wildman–Crippen MR) is 228 cm³/mol. The summed E-state index contributed by atoms with van der Waals surface area (Å²) in [6.07, 6.45) is 2.82. The Morgan fingerprint density at radius 3 is 1.65 bits per heavy atom. The van der Waals surface area contributed by atoms with Gasteiger partial charge in [-0.25, -0.2) is 9.78 Å². The second kappa shape index (κ2) is 25.4. The quantitative estimate of drug-likeness (QED) is 0.0179. The van der Waals surface area contributed by atoms with Crippen molar-refractivity contribution in [1.29, 1.82) is 0 Å². The lowest BCUT2D eigenvalue weighted by Crippen LogP contribution is -2.60. The van der Waals surface area contributed by atoms with Crippen molar-refractivity contribution >= 4 is 72.6 Å². The molecule has 1 aromatic heterocycles. The van der Waals surface area contributed by atoms with Crippen LogP contribution in [0.3, 0.4) is 0 Å². The van der Waals surface area contributed by atoms with Gasteiger partial charge < -0.3 is 59.2 Å². The van der Waals surface area contributed by atoms with Crippen molar-refractivity contribution in [2.75, 3.05) is 24.6 Å². The van der Waals surface area contributed by atoms with Crippen LogP contribution in [0, 0.1) is 0 Å². The fraction of sp³-hybridized carbons (Fsp3) is 0.395. The first-order valence-electron chi connectivity index (χ1n) is 18.8. The number of H-pyrrole nitrogens is 1. The summed E-state index contributed by atoms with van der Waals surface area (Å²) >= 11 is 8.00. The number of carboxylic acid groups (broad SMARTS) is 1. The largest absolute Gasteiger partial charge is 0.480 e. The molecule has 3 rings (SSSR count). The molecule has 0 saturated heterocycles. The molecule has 1 heterocycles. The van der Waals surface area contributed by atoms with Crippen LogP contribution in [0.15, 0.2) is 78.2 Å². The fourth-order valence-corrected chi connectivity index (χ4v) is 6.03. The van der Waals surface area contributed by atoms with Crippen molar-refractivity contribution in [2.45, 2.75) is 68.4 Å². The Morgan fingerprint density at radius 2 is 1.18 bits per heavy atom. The third kappa shape index (κ3) is 17.0. The van der Waals surface area contributed by atoms with Crippen LogP contribution in [-0.2, 0) is 52.8 Å². The molecule has 60 heavy (non-hydrogen) atoms. The minimum atomic E-state index is -1.36. The van der Waals surface area contributed by atoms with Crippen LogP contribution in [-0.4, -0.2) is 123 Å². The van der Waals surface area contributed by atoms with Gasteiger partial charge in [0.05, 0.1) is 18.9 Å². The summed E-state index contributed by atoms with van der Waals surface area (Å²) in [5, 5.41) is 25.0. The van der Waals surface area contributed by atoms with Crippen LogP contribution < -0.4 is 49.1 Å². The first-order chi connectivity index (χ1) is 28.7. The summed E-state index contributed by atoms with van der Waals surface area (Å²) in [4.78, 5) is 103. The van der Waals surface area contributed by atoms with Gasteiger partial charge in [0.2, 0.25) is 35.4 Å². The second-order valence-corrected chi connectivity index (χ2v) is 14.2. The van der Waals surface area contributed by atoms with Gasteiger partial charge in [-0.15, -0.1) is 0 Å². The van der Waals surface area contributed by atoms with E-state index in [-0.39, 0.29) is 56.1 Å². The van der Waals surface area contributed by atoms with Gasteiger partial charge in [0.25, 0.3) is 0 Å². The number of aromatic amines is 1. The minimum Gasteiger partial charge on any atom is -0.480 e. The van der Waals surface area contributed by atoms with Gasteiger partial charge in [0, 0.05) is 49.2 Å². The number of aliphatic imine (C=N–C) groups is 1. The van der Waals surface area contributed by atoms with E-state index in [9.17, 15) is 38.7 Å². The molecule has 0 aliphatic carbocycles. The van der Waals surface area contributed by atoms with Gasteiger partial charge in [-0.05, 0) is 24.0 Å². The molecular weight excluding hydrogens is 817 g/mol. The summed E-state index contributed by atoms with van der Waals surface area (Å²) in [5.41, 5.74) is 18.4. The van der Waals surface area contributed by atoms with Crippen LogP contribution >= 0.6 is 25.3 Å². The molecule has 0 saturated carbocycles. The van der Waals surface area contributed by atoms with Crippen LogP contribution in [0.1, 0.15) is 29.7 Å². The maximum Gasteiger partial charge on any atom is 0.327 e. The highest BCUT2D eigenvalue weighted by molar-refractivity contribution is 7.80. The number of imidazole rings is 1. The highest BCUT2D eigenvalue weighted by Gasteiger charge is 2.33. The fourth-order valence-electron chi connectivity index (χ4n) is 5.62. The predicted octanol–water partition coefficient (Wildman–Crippen LogP) is -2.70. The molecule has 0 bridgehead atoms. The van der Waals surface area contributed by atoms with Crippen LogP contribution in [0.2, 0.25) is 0 Å². The molecule has 14 N–H and O–H groups in total. The number of carboxylic acids is 1. The molecule has 0 aliphatic heterocycles. The van der Waals surface area contributed by atoms with E-state index >= 15 is 0 Å². The lowest BCUT2D eigenvalue weighted by Gasteiger charge is -2.27. The Hall–Kier alpha value is -6.13. The summed E-state index contributed by atoms with van der Waals surface area (Å²) in [5.74, 6) is -6.23. The highest BCUT2D eigenvalue weighted by Crippen LogP contribution is 2.10. The van der Waals surface area contributed by atoms with E-state index < -0.39 is 84.2 Å². The first kappa shape index (κ1) is 48.2. The Morgan fingerprint density at radius 1 is 0.683 bits per heavy atom. The molecular formula is C38H52N12O8S2. The van der Waals surface area contributed by atoms with Crippen molar-refractivity contribution < 1.29 is 38.7 Å². The number of carbonyl (C=O) groups excluding carboxylic acids is 6. The molecule has 0 spiro atoms. The Kier molecular flexibility index (Phi) is 20.4. The monoisotopic (exact) mass is 868 g/mol. The van der Waals surface area contributed by atoms with E-state index in [2.05, 4.69) is 72.1 Å². The zero-order valence-corrected chi connectivity index (χ0v) is 34.4. The lowest BCUT2D eigenvalue weighted by molar-refractivity contribution is -0.141. The smallest absolute Gasteiger partial charge is 0.327 e. The Balaban J connectivity index is 1.92. The van der Waals surface area contributed by atoms with Crippen molar-refractivity contribution in [1.82, 2.24) is 41.9 Å². The molecule has 22 heteroatoms. The topological polar surface area (TPSA) is 331 Å². The normalized spacial score (nSPS) is 13.8. The summed E-state index contributed by atoms with van der Waals surface area (Å²) in [6.45, 7) is -0.426. The van der Waals surface area contributed by atoms with Gasteiger partial charge in [0.1, 0.15) is 30.2 Å². The number of nitrogens with one attached hydrogen (secondary N) is 7. The maximum atomic E-state index is 14.2. The first-order valence-corrected chi connectivity index (χ1v) is 20.1. The van der Waals surface area contributed by atoms with E-state index in [1.165, 1.54) is 12.5 Å². The lowest BCUT2D eigenvalue weighted by atomic mass is 10.0. The SMILES string of the molecule is NC(N)=NCCC[C@H](NC(=O)[C@@H](Cc1ccccc1)NC(=O)[C@H](Cc1cnc[nH]1)NC(=O)CNC(=O)[C@@H](N)CS)C(=O)N[C@@H](Cc1ccccc1)C(=O)N[C@@H](CS)C(=O)O. The van der Waals surface area contributed by atoms with Gasteiger partial charge in [-0.3, -0.25) is 33.8 Å². The second-order valence-electron chi connectivity index (χ2n) is 13.5. The summed E-state index contributed by atoms with van der Waals surface area (Å²) in [7, 11) is 0. The third-order valence-corrected chi connectivity index (χ3v) is 9.55. The average molecular weight is 869 g/mol. The number of aromatic nitrogens is 2. The van der Waals surface area contributed by atoms with Crippen molar-refractivity contribution in [2.24, 2.45) is 22.2 Å². The van der Waals surface area contributed by atoms with E-state index in [0.717, 1.165) is 0 Å². The molecule has 0 fully saturated rings. The van der Waals surface area contributed by atoms with Crippen molar-refractivity contribution in [3.8, 4) is 0 Å². The zero-order valence-electron chi connectivity index (χ0n) is 32.6. The molecule has 324 valence electrons. The summed E-state index contributed by atoms with van der Waals surface area (Å²) < 4.78 is 0. The molecule has 0 radical (unpaired) electrons. The molecule has 6 atom stereocenters. The van der Waals surface area contributed by atoms with E-state index in [1.54, 1.807) is 60.7 Å². The van der Waals surface area contributed by atoms with Crippen LogP contribution in [0.5, 0.6) is 0 Å². The number of aliphatic carboxylic acids is 1. The van der Waals surface area contributed by atoms with Gasteiger partial charge in [-0.1, -0.05) is 60.7 Å². The Bertz CT molecular complexity index is 1900. The zero-order chi connectivity index (χ0) is 44.0. The minimum absolute atomic E-state index is 0.0322. The number of benzene rings is 2. The van der Waals surface area contributed by atoms with Crippen LogP contribution in [0.25, 0.3) is 0 Å². The number of guanidine groups is 1. The van der Waals surface area contributed by atoms with Crippen LogP contribution in [0.4, 0.5) is 0 Å². The van der Waals surface area contributed by atoms with Gasteiger partial charge in [0.15, 0.2) is 5.96 Å². The number of hydrogen-bond donors (Lipinski definition) is 13. The number of carbonyl (C=O) groups is 7. The molecule has 0 aliphatic rings. The highest BCUT2D eigenvalue weighted by atomic mass is 32.1. The van der Waals surface area contributed by atoms with Crippen molar-refractivity contribution in [3.63, 3.8) is 0 Å². The van der Waals surface area contributed by atoms with E-state index in [0.29, 0.717) is 16.8 Å². The molecule has 6 amide bonds. The number of thiol groups is 2. The van der Waals surface area contributed by atoms with Gasteiger partial charge >= 0.3 is 5.97 Å². The number of hydrogen-bond acceptors (Lipinski definition) is 12. The summed E-state index contributed by atoms with van der Waals surface area (Å²) in [6, 6.07) is 9.86. The standard InChI is InChI=1S/C38H52N12O8S2/c39-25(19-59)32(52)44-18-31(51)46-29(16-24-17-42-21-45-24)36(56)49-27(14-22-8-3-1-4-9-22)34(54)47-26(12-7-13-43-38(40)41)33(53)48-28(15-23-10-5-2-6-11-23)35(55)50-30(20-60)37(57)58/h1-6,8-11,17,21,25-30,59-60H,7,12-16,18-20,39H2,(H,42,45)(H,44,52)(H,46,51)(H,47,54)(H,48,53)(H,49,56)(H,50,55)(H,57,58)(H4,40,41,43)/t25-,26-,27+,28-,29-,30-/m0/s1. The van der Waals surface area contributed by atoms with Gasteiger partial charge in [-0.2, -0.15) is 25.3 Å². The number of rotatable bonds is 25. The Labute approximate surface area is 357 Å².